The summed E-state index contributed by atoms with van der Waals surface area (Å²) in [6, 6.07) is 0. The van der Waals surface area contributed by atoms with Gasteiger partial charge in [-0.15, -0.1) is 0 Å². The Kier molecular flexibility index (Phi) is 6.13. The van der Waals surface area contributed by atoms with E-state index in [2.05, 4.69) is 37.7 Å². The van der Waals surface area contributed by atoms with Crippen LogP contribution in [-0.2, 0) is 24.2 Å². The molecule has 0 saturated heterocycles. The predicted molar refractivity (Wildman–Crippen MR) is 124 cm³/mol. The molecule has 0 bridgehead atoms. The quantitative estimate of drug-likeness (QED) is 0.574. The standard InChI is InChI=1S/C24H34N4O4/c1-13(2)7-18-17-11-31-24(5,6)8-16(17)19-20-21(32-23(19)27-18)22(26-12-25-20)28(9-14(3)29)10-15(4)30/h12-15,29-30H,7-11H2,1-6H3/t14-,15-/m0/s1. The first-order chi connectivity index (χ1) is 15.1. The number of hydrogen-bond acceptors (Lipinski definition) is 8. The number of fused-ring (bicyclic) bond motifs is 5. The van der Waals surface area contributed by atoms with Gasteiger partial charge in [-0.25, -0.2) is 15.0 Å². The molecule has 8 heteroatoms. The van der Waals surface area contributed by atoms with Crippen LogP contribution in [0.3, 0.4) is 0 Å². The molecular weight excluding hydrogens is 408 g/mol. The number of aromatic nitrogens is 3. The molecule has 0 spiro atoms. The van der Waals surface area contributed by atoms with Gasteiger partial charge in [-0.3, -0.25) is 0 Å². The van der Waals surface area contributed by atoms with Crippen LogP contribution in [0.5, 0.6) is 0 Å². The molecular formula is C24H34N4O4. The number of hydrogen-bond donors (Lipinski definition) is 2. The normalized spacial score (nSPS) is 17.7. The van der Waals surface area contributed by atoms with Crippen molar-refractivity contribution >= 4 is 28.0 Å². The van der Waals surface area contributed by atoms with Crippen molar-refractivity contribution in [2.75, 3.05) is 18.0 Å². The maximum Gasteiger partial charge on any atom is 0.229 e. The third-order valence-electron chi connectivity index (χ3n) is 5.77. The van der Waals surface area contributed by atoms with Crippen LogP contribution in [0.4, 0.5) is 5.82 Å². The molecule has 2 atom stereocenters. The highest BCUT2D eigenvalue weighted by Gasteiger charge is 2.33. The lowest BCUT2D eigenvalue weighted by atomic mass is 9.88. The maximum absolute atomic E-state index is 10.0. The number of rotatable bonds is 7. The molecule has 4 rings (SSSR count). The van der Waals surface area contributed by atoms with E-state index in [0.29, 0.717) is 48.2 Å². The van der Waals surface area contributed by atoms with Crippen LogP contribution in [0, 0.1) is 5.92 Å². The summed E-state index contributed by atoms with van der Waals surface area (Å²) in [7, 11) is 0. The van der Waals surface area contributed by atoms with Crippen molar-refractivity contribution in [1.29, 1.82) is 0 Å². The van der Waals surface area contributed by atoms with Crippen molar-refractivity contribution in [2.45, 2.75) is 78.8 Å². The second-order valence-corrected chi connectivity index (χ2v) is 10.1. The predicted octanol–water partition coefficient (Wildman–Crippen LogP) is 3.39. The first kappa shape index (κ1) is 22.9. The van der Waals surface area contributed by atoms with E-state index >= 15 is 0 Å². The summed E-state index contributed by atoms with van der Waals surface area (Å²) < 4.78 is 12.4. The summed E-state index contributed by atoms with van der Waals surface area (Å²) >= 11 is 0. The number of nitrogens with zero attached hydrogens (tertiary/aromatic N) is 4. The first-order valence-corrected chi connectivity index (χ1v) is 11.4. The minimum absolute atomic E-state index is 0.291. The lowest BCUT2D eigenvalue weighted by Crippen LogP contribution is -2.37. The zero-order valence-corrected chi connectivity index (χ0v) is 19.8. The molecule has 3 aromatic heterocycles. The highest BCUT2D eigenvalue weighted by Crippen LogP contribution is 2.40. The fourth-order valence-electron chi connectivity index (χ4n) is 4.53. The molecule has 8 nitrogen and oxygen atoms in total. The highest BCUT2D eigenvalue weighted by atomic mass is 16.5. The van der Waals surface area contributed by atoms with E-state index in [1.54, 1.807) is 13.8 Å². The third kappa shape index (κ3) is 4.44. The Hall–Kier alpha value is -2.29. The summed E-state index contributed by atoms with van der Waals surface area (Å²) in [5, 5.41) is 21.0. The number of pyridine rings is 1. The van der Waals surface area contributed by atoms with E-state index in [-0.39, 0.29) is 5.60 Å². The van der Waals surface area contributed by atoms with E-state index in [1.165, 1.54) is 11.9 Å². The minimum atomic E-state index is -0.593. The minimum Gasteiger partial charge on any atom is -0.432 e. The number of anilines is 1. The molecule has 174 valence electrons. The number of aliphatic hydroxyl groups is 2. The zero-order chi connectivity index (χ0) is 23.2. The van der Waals surface area contributed by atoms with Crippen LogP contribution in [-0.4, -0.2) is 56.1 Å². The molecule has 0 fully saturated rings. The average molecular weight is 443 g/mol. The average Bonchev–Trinajstić information content (AvgIpc) is 3.03. The van der Waals surface area contributed by atoms with Crippen molar-refractivity contribution in [3.05, 3.63) is 23.1 Å². The van der Waals surface area contributed by atoms with Crippen molar-refractivity contribution in [2.24, 2.45) is 5.92 Å². The summed E-state index contributed by atoms with van der Waals surface area (Å²) in [5.74, 6) is 1.01. The Morgan fingerprint density at radius 3 is 2.38 bits per heavy atom. The van der Waals surface area contributed by atoms with Gasteiger partial charge in [0.05, 0.1) is 35.5 Å². The number of ether oxygens (including phenoxy) is 1. The van der Waals surface area contributed by atoms with Gasteiger partial charge in [-0.05, 0) is 45.6 Å². The Bertz CT molecular complexity index is 1110. The topological polar surface area (TPSA) is 105 Å². The molecule has 0 amide bonds. The lowest BCUT2D eigenvalue weighted by Gasteiger charge is -2.33. The molecule has 3 aromatic rings. The second kappa shape index (κ2) is 8.57. The van der Waals surface area contributed by atoms with Crippen LogP contribution in [0.1, 0.15) is 58.4 Å². The SMILES string of the molecule is CC(C)Cc1nc2oc3c(N(C[C@H](C)O)C[C@H](C)O)ncnc3c2c2c1COC(C)(C)C2. The zero-order valence-electron chi connectivity index (χ0n) is 19.8. The summed E-state index contributed by atoms with van der Waals surface area (Å²) in [6.45, 7) is 13.1. The summed E-state index contributed by atoms with van der Waals surface area (Å²) in [4.78, 5) is 15.8. The van der Waals surface area contributed by atoms with Crippen molar-refractivity contribution in [3.63, 3.8) is 0 Å². The molecule has 1 aliphatic heterocycles. The van der Waals surface area contributed by atoms with Crippen LogP contribution in [0.2, 0.25) is 0 Å². The van der Waals surface area contributed by atoms with Crippen LogP contribution >= 0.6 is 0 Å². The van der Waals surface area contributed by atoms with Crippen molar-refractivity contribution in [3.8, 4) is 0 Å². The monoisotopic (exact) mass is 442 g/mol. The smallest absolute Gasteiger partial charge is 0.229 e. The van der Waals surface area contributed by atoms with E-state index in [4.69, 9.17) is 14.1 Å². The molecule has 0 unspecified atom stereocenters. The fraction of sp³-hybridized carbons (Fsp3) is 0.625. The van der Waals surface area contributed by atoms with E-state index in [1.807, 2.05) is 4.90 Å². The van der Waals surface area contributed by atoms with Gasteiger partial charge in [0.2, 0.25) is 5.71 Å². The van der Waals surface area contributed by atoms with Gasteiger partial charge in [0.15, 0.2) is 11.4 Å². The van der Waals surface area contributed by atoms with Gasteiger partial charge < -0.3 is 24.3 Å². The van der Waals surface area contributed by atoms with Gasteiger partial charge in [-0.1, -0.05) is 13.8 Å². The fourth-order valence-corrected chi connectivity index (χ4v) is 4.53. The summed E-state index contributed by atoms with van der Waals surface area (Å²) in [5.41, 5.74) is 4.84. The third-order valence-corrected chi connectivity index (χ3v) is 5.77. The maximum atomic E-state index is 10.0. The Balaban J connectivity index is 1.97. The summed E-state index contributed by atoms with van der Waals surface area (Å²) in [6.07, 6.45) is 1.91. The van der Waals surface area contributed by atoms with E-state index in [0.717, 1.165) is 29.5 Å². The number of aliphatic hydroxyl groups excluding tert-OH is 2. The molecule has 32 heavy (non-hydrogen) atoms. The molecule has 0 radical (unpaired) electrons. The molecule has 0 aromatic carbocycles. The number of furan rings is 1. The lowest BCUT2D eigenvalue weighted by molar-refractivity contribution is -0.0402. The van der Waals surface area contributed by atoms with Gasteiger partial charge >= 0.3 is 0 Å². The van der Waals surface area contributed by atoms with E-state index in [9.17, 15) is 10.2 Å². The van der Waals surface area contributed by atoms with Crippen molar-refractivity contribution in [1.82, 2.24) is 15.0 Å². The molecule has 2 N–H and O–H groups in total. The molecule has 0 aliphatic carbocycles. The molecule has 1 aliphatic rings. The van der Waals surface area contributed by atoms with Crippen molar-refractivity contribution < 1.29 is 19.4 Å². The second-order valence-electron chi connectivity index (χ2n) is 10.1. The van der Waals surface area contributed by atoms with E-state index < -0.39 is 12.2 Å². The largest absolute Gasteiger partial charge is 0.432 e. The van der Waals surface area contributed by atoms with Gasteiger partial charge in [0.25, 0.3) is 0 Å². The van der Waals surface area contributed by atoms with Crippen LogP contribution in [0.15, 0.2) is 10.7 Å². The van der Waals surface area contributed by atoms with Gasteiger partial charge in [0, 0.05) is 25.1 Å². The van der Waals surface area contributed by atoms with Crippen LogP contribution < -0.4 is 4.90 Å². The van der Waals surface area contributed by atoms with Crippen LogP contribution in [0.25, 0.3) is 22.2 Å². The Labute approximate surface area is 188 Å². The van der Waals surface area contributed by atoms with Gasteiger partial charge in [-0.2, -0.15) is 0 Å². The highest BCUT2D eigenvalue weighted by molar-refractivity contribution is 6.06. The Morgan fingerprint density at radius 2 is 1.75 bits per heavy atom. The molecule has 4 heterocycles. The Morgan fingerprint density at radius 1 is 1.06 bits per heavy atom. The molecule has 0 saturated carbocycles. The first-order valence-electron chi connectivity index (χ1n) is 11.4. The van der Waals surface area contributed by atoms with Gasteiger partial charge in [0.1, 0.15) is 11.8 Å².